The number of hydrogen-bond donors (Lipinski definition) is 1. The van der Waals surface area contributed by atoms with Crippen LogP contribution < -0.4 is 5.73 Å². The standard InChI is InChI=1S/C25H33FN2O3Si/c1-25(2,3)32(5,6)31-23(20-15-21(26)17-28-16-20)22(27)10-8-7-9-18-11-13-19(14-12-18)24(29)30-4/h11-17,22-23H,8,10,27H2,1-6H3/t22-,23?/m1/s1. The molecule has 0 amide bonds. The Morgan fingerprint density at radius 1 is 1.22 bits per heavy atom. The van der Waals surface area contributed by atoms with Crippen LogP contribution in [0.3, 0.4) is 0 Å². The predicted octanol–water partition coefficient (Wildman–Crippen LogP) is 5.23. The van der Waals surface area contributed by atoms with Crippen molar-refractivity contribution in [3.63, 3.8) is 0 Å². The van der Waals surface area contributed by atoms with Gasteiger partial charge in [-0.2, -0.15) is 0 Å². The number of pyridine rings is 1. The van der Waals surface area contributed by atoms with Crippen molar-refractivity contribution in [1.29, 1.82) is 0 Å². The molecule has 1 unspecified atom stereocenters. The first-order chi connectivity index (χ1) is 14.9. The van der Waals surface area contributed by atoms with E-state index in [1.54, 1.807) is 30.5 Å². The van der Waals surface area contributed by atoms with Gasteiger partial charge in [-0.25, -0.2) is 9.18 Å². The van der Waals surface area contributed by atoms with Crippen molar-refractivity contribution in [3.8, 4) is 11.8 Å². The first-order valence-electron chi connectivity index (χ1n) is 10.7. The van der Waals surface area contributed by atoms with Gasteiger partial charge in [0.1, 0.15) is 5.82 Å². The van der Waals surface area contributed by atoms with Crippen LogP contribution in [0.2, 0.25) is 18.1 Å². The van der Waals surface area contributed by atoms with Gasteiger partial charge in [0.05, 0.1) is 25.0 Å². The highest BCUT2D eigenvalue weighted by Crippen LogP contribution is 2.40. The fraction of sp³-hybridized carbons (Fsp3) is 0.440. The maximum atomic E-state index is 13.9. The largest absolute Gasteiger partial charge is 0.465 e. The highest BCUT2D eigenvalue weighted by molar-refractivity contribution is 6.74. The van der Waals surface area contributed by atoms with Crippen molar-refractivity contribution in [2.75, 3.05) is 7.11 Å². The minimum absolute atomic E-state index is 0.0120. The molecule has 0 saturated heterocycles. The maximum Gasteiger partial charge on any atom is 0.337 e. The molecule has 172 valence electrons. The molecule has 1 aromatic heterocycles. The van der Waals surface area contributed by atoms with E-state index in [0.29, 0.717) is 24.0 Å². The molecule has 0 aliphatic heterocycles. The van der Waals surface area contributed by atoms with Crippen LogP contribution in [0.5, 0.6) is 0 Å². The molecule has 0 saturated carbocycles. The molecule has 0 radical (unpaired) electrons. The molecular formula is C25H33FN2O3Si. The van der Waals surface area contributed by atoms with E-state index in [-0.39, 0.29) is 17.0 Å². The number of nitrogens with two attached hydrogens (primary N) is 1. The number of ether oxygens (including phenoxy) is 1. The third-order valence-corrected chi connectivity index (χ3v) is 10.3. The molecule has 5 nitrogen and oxygen atoms in total. The number of benzene rings is 1. The van der Waals surface area contributed by atoms with Gasteiger partial charge in [0, 0.05) is 29.8 Å². The summed E-state index contributed by atoms with van der Waals surface area (Å²) in [6, 6.07) is 8.01. The van der Waals surface area contributed by atoms with Gasteiger partial charge in [0.15, 0.2) is 8.32 Å². The number of carbonyl (C=O) groups is 1. The monoisotopic (exact) mass is 456 g/mol. The molecule has 0 bridgehead atoms. The van der Waals surface area contributed by atoms with Crippen molar-refractivity contribution in [1.82, 2.24) is 4.98 Å². The second-order valence-corrected chi connectivity index (χ2v) is 14.1. The molecule has 2 atom stereocenters. The SMILES string of the molecule is COC(=O)c1ccc(C#CCC[C@@H](N)C(O[Si](C)(C)C(C)(C)C)c2cncc(F)c2)cc1. The first kappa shape index (κ1) is 25.7. The molecule has 7 heteroatoms. The van der Waals surface area contributed by atoms with Crippen molar-refractivity contribution < 1.29 is 18.3 Å². The third kappa shape index (κ3) is 6.99. The minimum atomic E-state index is -2.15. The Labute approximate surface area is 191 Å². The number of carbonyl (C=O) groups excluding carboxylic acids is 1. The Kier molecular flexibility index (Phi) is 8.73. The van der Waals surface area contributed by atoms with Gasteiger partial charge < -0.3 is 14.9 Å². The number of methoxy groups -OCH3 is 1. The molecule has 2 rings (SSSR count). The van der Waals surface area contributed by atoms with Crippen LogP contribution in [0.15, 0.2) is 42.7 Å². The molecule has 0 aliphatic rings. The molecule has 0 aliphatic carbocycles. The van der Waals surface area contributed by atoms with E-state index >= 15 is 0 Å². The molecule has 0 fully saturated rings. The van der Waals surface area contributed by atoms with Gasteiger partial charge in [0.2, 0.25) is 0 Å². The van der Waals surface area contributed by atoms with Crippen LogP contribution in [0.1, 0.15) is 61.2 Å². The summed E-state index contributed by atoms with van der Waals surface area (Å²) < 4.78 is 25.1. The summed E-state index contributed by atoms with van der Waals surface area (Å²) in [5.74, 6) is 5.42. The van der Waals surface area contributed by atoms with Gasteiger partial charge in [0.25, 0.3) is 0 Å². The lowest BCUT2D eigenvalue weighted by molar-refractivity contribution is 0.0600. The molecule has 2 aromatic rings. The van der Waals surface area contributed by atoms with E-state index in [2.05, 4.69) is 50.7 Å². The maximum absolute atomic E-state index is 13.9. The lowest BCUT2D eigenvalue weighted by Crippen LogP contribution is -2.45. The summed E-state index contributed by atoms with van der Waals surface area (Å²) in [6.07, 6.45) is 3.48. The number of rotatable bonds is 7. The summed E-state index contributed by atoms with van der Waals surface area (Å²) >= 11 is 0. The Morgan fingerprint density at radius 2 is 1.88 bits per heavy atom. The van der Waals surface area contributed by atoms with Crippen LogP contribution in [-0.2, 0) is 9.16 Å². The number of halogens is 1. The number of esters is 1. The Balaban J connectivity index is 2.11. The van der Waals surface area contributed by atoms with Gasteiger partial charge in [-0.1, -0.05) is 32.6 Å². The van der Waals surface area contributed by atoms with Crippen LogP contribution >= 0.6 is 0 Å². The fourth-order valence-corrected chi connectivity index (χ4v) is 4.14. The van der Waals surface area contributed by atoms with E-state index in [1.165, 1.54) is 19.4 Å². The molecule has 1 heterocycles. The molecule has 0 spiro atoms. The van der Waals surface area contributed by atoms with Crippen LogP contribution in [0.4, 0.5) is 4.39 Å². The Morgan fingerprint density at radius 3 is 2.44 bits per heavy atom. The number of hydrogen-bond acceptors (Lipinski definition) is 5. The zero-order valence-corrected chi connectivity index (χ0v) is 20.7. The predicted molar refractivity (Wildman–Crippen MR) is 127 cm³/mol. The average molecular weight is 457 g/mol. The summed E-state index contributed by atoms with van der Waals surface area (Å²) in [5.41, 5.74) is 8.45. The van der Waals surface area contributed by atoms with E-state index in [4.69, 9.17) is 14.9 Å². The second kappa shape index (κ2) is 10.9. The summed E-state index contributed by atoms with van der Waals surface area (Å²) in [4.78, 5) is 15.5. The van der Waals surface area contributed by atoms with Gasteiger partial charge >= 0.3 is 5.97 Å². The van der Waals surface area contributed by atoms with Crippen LogP contribution in [0.25, 0.3) is 0 Å². The highest BCUT2D eigenvalue weighted by Gasteiger charge is 2.40. The van der Waals surface area contributed by atoms with Crippen LogP contribution in [-0.4, -0.2) is 32.4 Å². The van der Waals surface area contributed by atoms with Crippen molar-refractivity contribution in [2.24, 2.45) is 5.73 Å². The summed E-state index contributed by atoms with van der Waals surface area (Å²) in [5, 5.41) is -0.0120. The quantitative estimate of drug-likeness (QED) is 0.351. The second-order valence-electron chi connectivity index (χ2n) is 9.31. The minimum Gasteiger partial charge on any atom is -0.465 e. The zero-order chi connectivity index (χ0) is 23.9. The number of aromatic nitrogens is 1. The molecule has 2 N–H and O–H groups in total. The van der Waals surface area contributed by atoms with Crippen molar-refractivity contribution in [3.05, 3.63) is 65.2 Å². The highest BCUT2D eigenvalue weighted by atomic mass is 28.4. The first-order valence-corrected chi connectivity index (χ1v) is 13.6. The molecule has 32 heavy (non-hydrogen) atoms. The lowest BCUT2D eigenvalue weighted by Gasteiger charge is -2.41. The molecule has 1 aromatic carbocycles. The Bertz CT molecular complexity index is 975. The summed E-state index contributed by atoms with van der Waals surface area (Å²) in [6.45, 7) is 10.8. The van der Waals surface area contributed by atoms with Crippen molar-refractivity contribution in [2.45, 2.75) is 63.9 Å². The third-order valence-electron chi connectivity index (χ3n) is 5.81. The normalized spacial score (nSPS) is 13.6. The topological polar surface area (TPSA) is 74.4 Å². The van der Waals surface area contributed by atoms with Crippen LogP contribution in [0, 0.1) is 17.7 Å². The number of nitrogens with zero attached hydrogens (tertiary/aromatic N) is 1. The van der Waals surface area contributed by atoms with E-state index in [1.807, 2.05) is 0 Å². The summed E-state index contributed by atoms with van der Waals surface area (Å²) in [7, 11) is -0.805. The lowest BCUT2D eigenvalue weighted by atomic mass is 10.0. The smallest absolute Gasteiger partial charge is 0.337 e. The Hall–Kier alpha value is -2.53. The van der Waals surface area contributed by atoms with E-state index in [0.717, 1.165) is 5.56 Å². The van der Waals surface area contributed by atoms with Gasteiger partial charge in [-0.3, -0.25) is 4.98 Å². The van der Waals surface area contributed by atoms with Gasteiger partial charge in [-0.05, 0) is 54.9 Å². The van der Waals surface area contributed by atoms with E-state index in [9.17, 15) is 9.18 Å². The van der Waals surface area contributed by atoms with Gasteiger partial charge in [-0.15, -0.1) is 0 Å². The van der Waals surface area contributed by atoms with Crippen molar-refractivity contribution >= 4 is 14.3 Å². The molecular weight excluding hydrogens is 423 g/mol. The zero-order valence-electron chi connectivity index (χ0n) is 19.7. The average Bonchev–Trinajstić information content (AvgIpc) is 2.74. The van der Waals surface area contributed by atoms with E-state index < -0.39 is 20.2 Å². The fourth-order valence-electron chi connectivity index (χ4n) is 2.84.